The van der Waals surface area contributed by atoms with Gasteiger partial charge in [-0.1, -0.05) is 0 Å². The number of hydrogen-bond donors (Lipinski definition) is 2. The molecular weight excluding hydrogens is 224 g/mol. The fourth-order valence-corrected chi connectivity index (χ4v) is 2.04. The van der Waals surface area contributed by atoms with E-state index in [9.17, 15) is 9.59 Å². The van der Waals surface area contributed by atoms with Gasteiger partial charge in [0.05, 0.1) is 6.61 Å². The van der Waals surface area contributed by atoms with E-state index >= 15 is 0 Å². The summed E-state index contributed by atoms with van der Waals surface area (Å²) in [4.78, 5) is 24.0. The average Bonchev–Trinajstić information content (AvgIpc) is 2.28. The van der Waals surface area contributed by atoms with Gasteiger partial charge in [0.15, 0.2) is 0 Å². The van der Waals surface area contributed by atoms with Gasteiger partial charge in [-0.25, -0.2) is 0 Å². The molecule has 1 atom stereocenters. The van der Waals surface area contributed by atoms with Crippen molar-refractivity contribution in [2.24, 2.45) is 11.7 Å². The zero-order valence-corrected chi connectivity index (χ0v) is 9.93. The summed E-state index contributed by atoms with van der Waals surface area (Å²) in [5, 5.41) is 8.72. The van der Waals surface area contributed by atoms with Gasteiger partial charge in [-0.15, -0.1) is 0 Å². The summed E-state index contributed by atoms with van der Waals surface area (Å²) < 4.78 is 5.08. The third kappa shape index (κ3) is 5.14. The van der Waals surface area contributed by atoms with Crippen molar-refractivity contribution in [1.82, 2.24) is 4.90 Å². The van der Waals surface area contributed by atoms with Crippen LogP contribution in [-0.4, -0.2) is 54.7 Å². The van der Waals surface area contributed by atoms with E-state index in [0.29, 0.717) is 26.2 Å². The van der Waals surface area contributed by atoms with Gasteiger partial charge < -0.3 is 20.5 Å². The maximum Gasteiger partial charge on any atom is 0.303 e. The third-order valence-electron chi connectivity index (χ3n) is 2.82. The number of rotatable bonds is 6. The molecule has 0 aromatic carbocycles. The zero-order chi connectivity index (χ0) is 12.7. The lowest BCUT2D eigenvalue weighted by Gasteiger charge is -2.32. The lowest BCUT2D eigenvalue weighted by Crippen LogP contribution is -2.42. The van der Waals surface area contributed by atoms with Crippen molar-refractivity contribution < 1.29 is 19.4 Å². The summed E-state index contributed by atoms with van der Waals surface area (Å²) in [7, 11) is 0. The predicted octanol–water partition coefficient (Wildman–Crippen LogP) is -0.325. The molecule has 3 N–H and O–H groups in total. The molecule has 17 heavy (non-hydrogen) atoms. The molecule has 1 unspecified atom stereocenters. The Kier molecular flexibility index (Phi) is 5.93. The van der Waals surface area contributed by atoms with Crippen LogP contribution in [0.5, 0.6) is 0 Å². The van der Waals surface area contributed by atoms with Crippen LogP contribution in [0.2, 0.25) is 0 Å². The summed E-state index contributed by atoms with van der Waals surface area (Å²) in [6.07, 6.45) is 1.87. The van der Waals surface area contributed by atoms with Crippen LogP contribution >= 0.6 is 0 Å². The number of carboxylic acids is 1. The van der Waals surface area contributed by atoms with E-state index in [1.165, 1.54) is 0 Å². The van der Waals surface area contributed by atoms with Crippen LogP contribution in [0.4, 0.5) is 0 Å². The third-order valence-corrected chi connectivity index (χ3v) is 2.82. The molecule has 1 aliphatic rings. The molecule has 0 saturated carbocycles. The number of aliphatic carboxylic acids is 1. The number of nitrogens with two attached hydrogens (primary N) is 1. The van der Waals surface area contributed by atoms with Crippen LogP contribution in [0.3, 0.4) is 0 Å². The molecule has 0 aliphatic carbocycles. The second-order valence-corrected chi connectivity index (χ2v) is 4.29. The lowest BCUT2D eigenvalue weighted by molar-refractivity contribution is -0.142. The number of carboxylic acid groups (broad SMARTS) is 1. The van der Waals surface area contributed by atoms with Crippen molar-refractivity contribution >= 4 is 11.9 Å². The topological polar surface area (TPSA) is 92.9 Å². The van der Waals surface area contributed by atoms with E-state index in [1.54, 1.807) is 4.90 Å². The van der Waals surface area contributed by atoms with Crippen molar-refractivity contribution in [1.29, 1.82) is 0 Å². The van der Waals surface area contributed by atoms with Gasteiger partial charge in [0.25, 0.3) is 0 Å². The molecule has 0 radical (unpaired) electrons. The largest absolute Gasteiger partial charge is 0.481 e. The Morgan fingerprint density at radius 1 is 1.47 bits per heavy atom. The Morgan fingerprint density at radius 3 is 2.88 bits per heavy atom. The van der Waals surface area contributed by atoms with Crippen LogP contribution < -0.4 is 5.73 Å². The van der Waals surface area contributed by atoms with Gasteiger partial charge in [-0.2, -0.15) is 0 Å². The number of nitrogens with zero attached hydrogens (tertiary/aromatic N) is 1. The second kappa shape index (κ2) is 7.24. The van der Waals surface area contributed by atoms with Crippen molar-refractivity contribution in [2.45, 2.75) is 19.3 Å². The highest BCUT2D eigenvalue weighted by Gasteiger charge is 2.24. The Bertz CT molecular complexity index is 270. The van der Waals surface area contributed by atoms with E-state index in [4.69, 9.17) is 15.6 Å². The molecule has 1 rings (SSSR count). The van der Waals surface area contributed by atoms with Crippen LogP contribution in [0.1, 0.15) is 19.3 Å². The maximum atomic E-state index is 11.7. The number of carbonyl (C=O) groups excluding carboxylic acids is 1. The van der Waals surface area contributed by atoms with Gasteiger partial charge in [-0.05, 0) is 18.8 Å². The SMILES string of the molecule is NCCOCC(=O)N1CCCC(CC(=O)O)C1. The molecule has 1 aliphatic heterocycles. The highest BCUT2D eigenvalue weighted by atomic mass is 16.5. The lowest BCUT2D eigenvalue weighted by atomic mass is 9.95. The van der Waals surface area contributed by atoms with Crippen molar-refractivity contribution in [3.05, 3.63) is 0 Å². The minimum atomic E-state index is -0.802. The highest BCUT2D eigenvalue weighted by molar-refractivity contribution is 5.77. The summed E-state index contributed by atoms with van der Waals surface area (Å²) in [6, 6.07) is 0. The standard InChI is InChI=1S/C11H20N2O4/c12-3-5-17-8-10(14)13-4-1-2-9(7-13)6-11(15)16/h9H,1-8,12H2,(H,15,16). The minimum Gasteiger partial charge on any atom is -0.481 e. The second-order valence-electron chi connectivity index (χ2n) is 4.29. The molecule has 1 saturated heterocycles. The van der Waals surface area contributed by atoms with Gasteiger partial charge in [-0.3, -0.25) is 9.59 Å². The molecule has 1 fully saturated rings. The normalized spacial score (nSPS) is 20.3. The summed E-state index contributed by atoms with van der Waals surface area (Å²) in [5.74, 6) is -0.808. The fraction of sp³-hybridized carbons (Fsp3) is 0.818. The van der Waals surface area contributed by atoms with E-state index in [1.807, 2.05) is 0 Å². The van der Waals surface area contributed by atoms with Crippen LogP contribution in [0.25, 0.3) is 0 Å². The molecule has 1 amide bonds. The first-order chi connectivity index (χ1) is 8.13. The summed E-state index contributed by atoms with van der Waals surface area (Å²) in [5.41, 5.74) is 5.25. The van der Waals surface area contributed by atoms with E-state index in [0.717, 1.165) is 12.8 Å². The highest BCUT2D eigenvalue weighted by Crippen LogP contribution is 2.19. The first-order valence-electron chi connectivity index (χ1n) is 5.91. The molecule has 1 heterocycles. The average molecular weight is 244 g/mol. The number of amides is 1. The quantitative estimate of drug-likeness (QED) is 0.624. The smallest absolute Gasteiger partial charge is 0.303 e. The summed E-state index contributed by atoms with van der Waals surface area (Å²) in [6.45, 7) is 2.03. The molecule has 98 valence electrons. The zero-order valence-electron chi connectivity index (χ0n) is 9.93. The maximum absolute atomic E-state index is 11.7. The van der Waals surface area contributed by atoms with E-state index in [2.05, 4.69) is 0 Å². The molecule has 6 nitrogen and oxygen atoms in total. The number of piperidine rings is 1. The Balaban J connectivity index is 2.32. The Labute approximate surface area is 101 Å². The van der Waals surface area contributed by atoms with Gasteiger partial charge in [0.1, 0.15) is 6.61 Å². The van der Waals surface area contributed by atoms with Crippen LogP contribution in [-0.2, 0) is 14.3 Å². The molecular formula is C11H20N2O4. The van der Waals surface area contributed by atoms with Gasteiger partial charge >= 0.3 is 5.97 Å². The predicted molar refractivity (Wildman–Crippen MR) is 61.4 cm³/mol. The molecule has 0 spiro atoms. The number of likely N-dealkylation sites (tertiary alicyclic amines) is 1. The Hall–Kier alpha value is -1.14. The van der Waals surface area contributed by atoms with Crippen molar-refractivity contribution in [3.8, 4) is 0 Å². The molecule has 0 bridgehead atoms. The number of carbonyl (C=O) groups is 2. The number of hydrogen-bond acceptors (Lipinski definition) is 4. The molecule has 6 heteroatoms. The van der Waals surface area contributed by atoms with Crippen LogP contribution in [0, 0.1) is 5.92 Å². The van der Waals surface area contributed by atoms with E-state index < -0.39 is 5.97 Å². The first kappa shape index (κ1) is 13.9. The fourth-order valence-electron chi connectivity index (χ4n) is 2.04. The summed E-state index contributed by atoms with van der Waals surface area (Å²) >= 11 is 0. The molecule has 0 aromatic heterocycles. The van der Waals surface area contributed by atoms with E-state index in [-0.39, 0.29) is 24.9 Å². The van der Waals surface area contributed by atoms with Crippen molar-refractivity contribution in [2.75, 3.05) is 32.8 Å². The minimum absolute atomic E-state index is 0.0387. The molecule has 0 aromatic rings. The van der Waals surface area contributed by atoms with Crippen LogP contribution in [0.15, 0.2) is 0 Å². The van der Waals surface area contributed by atoms with Gasteiger partial charge in [0, 0.05) is 26.1 Å². The Morgan fingerprint density at radius 2 is 2.24 bits per heavy atom. The number of ether oxygens (including phenoxy) is 1. The first-order valence-corrected chi connectivity index (χ1v) is 5.91. The van der Waals surface area contributed by atoms with Crippen molar-refractivity contribution in [3.63, 3.8) is 0 Å². The van der Waals surface area contributed by atoms with Gasteiger partial charge in [0.2, 0.25) is 5.91 Å². The monoisotopic (exact) mass is 244 g/mol.